The first-order chi connectivity index (χ1) is 11.8. The van der Waals surface area contributed by atoms with Gasteiger partial charge >= 0.3 is 5.97 Å². The maximum Gasteiger partial charge on any atom is 0.335 e. The normalized spacial score (nSPS) is 15.9. The second-order valence-corrected chi connectivity index (χ2v) is 7.25. The number of nitrogens with zero attached hydrogens (tertiary/aromatic N) is 1. The van der Waals surface area contributed by atoms with Gasteiger partial charge < -0.3 is 19.8 Å². The van der Waals surface area contributed by atoms with Crippen LogP contribution in [-0.4, -0.2) is 53.3 Å². The average molecular weight is 349 g/mol. The van der Waals surface area contributed by atoms with E-state index in [-0.39, 0.29) is 18.1 Å². The van der Waals surface area contributed by atoms with E-state index in [1.165, 1.54) is 12.1 Å². The molecule has 138 valence electrons. The molecule has 0 aromatic heterocycles. The lowest BCUT2D eigenvalue weighted by Gasteiger charge is -2.36. The average Bonchev–Trinajstić information content (AvgIpc) is 2.62. The SMILES string of the molecule is CC(C)(CO)C(=O)N1CCC(CCOc2cccc(C(=O)O)c2)CC1. The lowest BCUT2D eigenvalue weighted by atomic mass is 9.89. The minimum Gasteiger partial charge on any atom is -0.494 e. The Hall–Kier alpha value is -2.08. The van der Waals surface area contributed by atoms with E-state index < -0.39 is 11.4 Å². The van der Waals surface area contributed by atoms with Gasteiger partial charge in [-0.05, 0) is 57.2 Å². The first kappa shape index (κ1) is 19.2. The largest absolute Gasteiger partial charge is 0.494 e. The second-order valence-electron chi connectivity index (χ2n) is 7.25. The molecule has 1 amide bonds. The molecule has 2 N–H and O–H groups in total. The highest BCUT2D eigenvalue weighted by molar-refractivity contribution is 5.88. The van der Waals surface area contributed by atoms with Crippen LogP contribution in [0.25, 0.3) is 0 Å². The van der Waals surface area contributed by atoms with Crippen molar-refractivity contribution >= 4 is 11.9 Å². The van der Waals surface area contributed by atoms with E-state index in [4.69, 9.17) is 9.84 Å². The number of carboxylic acids is 1. The molecule has 1 fully saturated rings. The molecular formula is C19H27NO5. The van der Waals surface area contributed by atoms with Crippen LogP contribution in [0.3, 0.4) is 0 Å². The van der Waals surface area contributed by atoms with Gasteiger partial charge in [-0.2, -0.15) is 0 Å². The van der Waals surface area contributed by atoms with E-state index in [1.54, 1.807) is 26.0 Å². The summed E-state index contributed by atoms with van der Waals surface area (Å²) < 4.78 is 5.67. The number of hydrogen-bond acceptors (Lipinski definition) is 4. The number of carbonyl (C=O) groups excluding carboxylic acids is 1. The molecule has 1 aliphatic rings. The third-order valence-electron chi connectivity index (χ3n) is 4.75. The van der Waals surface area contributed by atoms with Crippen LogP contribution in [0.5, 0.6) is 5.75 Å². The Kier molecular flexibility index (Phi) is 6.42. The summed E-state index contributed by atoms with van der Waals surface area (Å²) in [4.78, 5) is 25.1. The molecular weight excluding hydrogens is 322 g/mol. The van der Waals surface area contributed by atoms with Gasteiger partial charge in [-0.15, -0.1) is 0 Å². The number of aliphatic hydroxyl groups excluding tert-OH is 1. The summed E-state index contributed by atoms with van der Waals surface area (Å²) in [6.45, 7) is 5.34. The molecule has 0 bridgehead atoms. The third-order valence-corrected chi connectivity index (χ3v) is 4.75. The van der Waals surface area contributed by atoms with E-state index >= 15 is 0 Å². The summed E-state index contributed by atoms with van der Waals surface area (Å²) in [7, 11) is 0. The van der Waals surface area contributed by atoms with Crippen molar-refractivity contribution in [3.63, 3.8) is 0 Å². The maximum atomic E-state index is 12.3. The zero-order chi connectivity index (χ0) is 18.4. The van der Waals surface area contributed by atoms with Gasteiger partial charge in [-0.25, -0.2) is 4.79 Å². The summed E-state index contributed by atoms with van der Waals surface area (Å²) in [6, 6.07) is 6.49. The predicted octanol–water partition coefficient (Wildman–Crippen LogP) is 2.41. The predicted molar refractivity (Wildman–Crippen MR) is 93.7 cm³/mol. The van der Waals surface area contributed by atoms with Crippen LogP contribution in [0.1, 0.15) is 43.5 Å². The van der Waals surface area contributed by atoms with Crippen molar-refractivity contribution in [2.75, 3.05) is 26.3 Å². The molecule has 6 heteroatoms. The van der Waals surface area contributed by atoms with Gasteiger partial charge in [-0.3, -0.25) is 4.79 Å². The lowest BCUT2D eigenvalue weighted by Crippen LogP contribution is -2.46. The number of hydrogen-bond donors (Lipinski definition) is 2. The highest BCUT2D eigenvalue weighted by Crippen LogP contribution is 2.25. The van der Waals surface area contributed by atoms with E-state index in [0.717, 1.165) is 19.3 Å². The minimum atomic E-state index is -0.965. The van der Waals surface area contributed by atoms with Crippen LogP contribution in [0.15, 0.2) is 24.3 Å². The molecule has 1 aromatic carbocycles. The van der Waals surface area contributed by atoms with E-state index in [2.05, 4.69) is 0 Å². The van der Waals surface area contributed by atoms with Crippen molar-refractivity contribution in [3.05, 3.63) is 29.8 Å². The maximum absolute atomic E-state index is 12.3. The molecule has 0 radical (unpaired) electrons. The van der Waals surface area contributed by atoms with Crippen molar-refractivity contribution in [3.8, 4) is 5.75 Å². The highest BCUT2D eigenvalue weighted by Gasteiger charge is 2.33. The number of likely N-dealkylation sites (tertiary alicyclic amines) is 1. The van der Waals surface area contributed by atoms with Gasteiger partial charge in [0.25, 0.3) is 0 Å². The Morgan fingerprint density at radius 2 is 1.96 bits per heavy atom. The van der Waals surface area contributed by atoms with Gasteiger partial charge in [-0.1, -0.05) is 6.07 Å². The molecule has 0 unspecified atom stereocenters. The Bertz CT molecular complexity index is 606. The Balaban J connectivity index is 1.75. The highest BCUT2D eigenvalue weighted by atomic mass is 16.5. The van der Waals surface area contributed by atoms with Gasteiger partial charge in [0, 0.05) is 13.1 Å². The number of aliphatic hydroxyl groups is 1. The summed E-state index contributed by atoms with van der Waals surface area (Å²) >= 11 is 0. The van der Waals surface area contributed by atoms with Crippen molar-refractivity contribution in [1.29, 1.82) is 0 Å². The number of benzene rings is 1. The standard InChI is InChI=1S/C19H27NO5/c1-19(2,13-21)18(24)20-9-6-14(7-10-20)8-11-25-16-5-3-4-15(12-16)17(22)23/h3-5,12,14,21H,6-11,13H2,1-2H3,(H,22,23). The number of aromatic carboxylic acids is 1. The fraction of sp³-hybridized carbons (Fsp3) is 0.579. The van der Waals surface area contributed by atoms with Gasteiger partial charge in [0.15, 0.2) is 0 Å². The van der Waals surface area contributed by atoms with Gasteiger partial charge in [0.1, 0.15) is 5.75 Å². The number of rotatable bonds is 7. The van der Waals surface area contributed by atoms with Crippen LogP contribution < -0.4 is 4.74 Å². The first-order valence-electron chi connectivity index (χ1n) is 8.70. The molecule has 2 rings (SSSR count). The topological polar surface area (TPSA) is 87.1 Å². The van der Waals surface area contributed by atoms with Crippen LogP contribution in [0.4, 0.5) is 0 Å². The Labute approximate surface area is 148 Å². The smallest absolute Gasteiger partial charge is 0.335 e. The second kappa shape index (κ2) is 8.34. The fourth-order valence-electron chi connectivity index (χ4n) is 2.98. The molecule has 0 aliphatic carbocycles. The molecule has 1 saturated heterocycles. The quantitative estimate of drug-likeness (QED) is 0.789. The van der Waals surface area contributed by atoms with Crippen LogP contribution in [0.2, 0.25) is 0 Å². The zero-order valence-electron chi connectivity index (χ0n) is 14.9. The zero-order valence-corrected chi connectivity index (χ0v) is 14.9. The number of carbonyl (C=O) groups is 2. The molecule has 1 aromatic rings. The lowest BCUT2D eigenvalue weighted by molar-refractivity contribution is -0.143. The third kappa shape index (κ3) is 5.19. The first-order valence-corrected chi connectivity index (χ1v) is 8.70. The fourth-order valence-corrected chi connectivity index (χ4v) is 2.98. The van der Waals surface area contributed by atoms with Crippen molar-refractivity contribution in [2.45, 2.75) is 33.1 Å². The van der Waals surface area contributed by atoms with E-state index in [0.29, 0.717) is 31.4 Å². The molecule has 0 spiro atoms. The number of ether oxygens (including phenoxy) is 1. The number of carboxylic acid groups (broad SMARTS) is 1. The number of amides is 1. The van der Waals surface area contributed by atoms with Crippen molar-refractivity contribution in [2.24, 2.45) is 11.3 Å². The Morgan fingerprint density at radius 3 is 2.56 bits per heavy atom. The van der Waals surface area contributed by atoms with E-state index in [1.807, 2.05) is 4.90 Å². The van der Waals surface area contributed by atoms with E-state index in [9.17, 15) is 14.7 Å². The number of piperidine rings is 1. The van der Waals surface area contributed by atoms with Crippen molar-refractivity contribution < 1.29 is 24.5 Å². The molecule has 25 heavy (non-hydrogen) atoms. The summed E-state index contributed by atoms with van der Waals surface area (Å²) in [5.41, 5.74) is -0.499. The molecule has 1 heterocycles. The Morgan fingerprint density at radius 1 is 1.28 bits per heavy atom. The molecule has 0 saturated carbocycles. The summed E-state index contributed by atoms with van der Waals surface area (Å²) in [5.74, 6) is 0.102. The van der Waals surface area contributed by atoms with Crippen LogP contribution >= 0.6 is 0 Å². The van der Waals surface area contributed by atoms with Crippen LogP contribution in [0, 0.1) is 11.3 Å². The monoisotopic (exact) mass is 349 g/mol. The molecule has 0 atom stereocenters. The van der Waals surface area contributed by atoms with Gasteiger partial charge in [0.05, 0.1) is 24.2 Å². The molecule has 1 aliphatic heterocycles. The summed E-state index contributed by atoms with van der Waals surface area (Å²) in [6.07, 6.45) is 2.72. The van der Waals surface area contributed by atoms with Crippen LogP contribution in [-0.2, 0) is 4.79 Å². The van der Waals surface area contributed by atoms with Gasteiger partial charge in [0.2, 0.25) is 5.91 Å². The summed E-state index contributed by atoms with van der Waals surface area (Å²) in [5, 5.41) is 18.3. The minimum absolute atomic E-state index is 0.00943. The van der Waals surface area contributed by atoms with Crippen molar-refractivity contribution in [1.82, 2.24) is 4.90 Å². The molecule has 6 nitrogen and oxygen atoms in total.